The molecule has 1 aromatic rings. The van der Waals surface area contributed by atoms with E-state index in [4.69, 9.17) is 22.1 Å². The largest absolute Gasteiger partial charge is 0.495 e. The van der Waals surface area contributed by atoms with Crippen molar-refractivity contribution in [3.63, 3.8) is 0 Å². The zero-order valence-electron chi connectivity index (χ0n) is 12.6. The first kappa shape index (κ1) is 13.9. The zero-order valence-corrected chi connectivity index (χ0v) is 13.4. The second-order valence-corrected chi connectivity index (χ2v) is 8.06. The number of hydrogen-bond acceptors (Lipinski definition) is 2. The number of rotatable bonds is 3. The first-order valence-corrected chi connectivity index (χ1v) is 8.56. The summed E-state index contributed by atoms with van der Waals surface area (Å²) in [6.07, 6.45) is 8.34. The molecule has 4 aliphatic rings. The third-order valence-corrected chi connectivity index (χ3v) is 6.59. The van der Waals surface area contributed by atoms with E-state index in [0.717, 1.165) is 23.5 Å². The Morgan fingerprint density at radius 1 is 1.14 bits per heavy atom. The van der Waals surface area contributed by atoms with Crippen LogP contribution in [-0.2, 0) is 0 Å². The van der Waals surface area contributed by atoms with Gasteiger partial charge in [-0.2, -0.15) is 0 Å². The van der Waals surface area contributed by atoms with Crippen molar-refractivity contribution in [2.45, 2.75) is 44.6 Å². The van der Waals surface area contributed by atoms with Crippen molar-refractivity contribution in [1.29, 1.82) is 0 Å². The van der Waals surface area contributed by atoms with E-state index in [2.05, 4.69) is 6.07 Å². The third-order valence-electron chi connectivity index (χ3n) is 6.28. The second kappa shape index (κ2) is 4.89. The molecule has 4 fully saturated rings. The van der Waals surface area contributed by atoms with Gasteiger partial charge in [-0.3, -0.25) is 0 Å². The second-order valence-electron chi connectivity index (χ2n) is 7.65. The van der Waals surface area contributed by atoms with Crippen molar-refractivity contribution in [3.8, 4) is 5.75 Å². The molecule has 0 amide bonds. The molecule has 0 radical (unpaired) electrons. The third kappa shape index (κ3) is 2.19. The molecule has 1 unspecified atom stereocenters. The number of benzene rings is 1. The monoisotopic (exact) mass is 305 g/mol. The van der Waals surface area contributed by atoms with Crippen molar-refractivity contribution in [2.75, 3.05) is 7.11 Å². The maximum atomic E-state index is 6.77. The van der Waals surface area contributed by atoms with Gasteiger partial charge in [-0.05, 0) is 79.4 Å². The molecule has 2 nitrogen and oxygen atoms in total. The van der Waals surface area contributed by atoms with Gasteiger partial charge in [-0.1, -0.05) is 17.7 Å². The Bertz CT molecular complexity index is 521. The number of nitrogens with two attached hydrogens (primary N) is 1. The number of halogens is 1. The number of ether oxygens (including phenoxy) is 1. The molecule has 4 bridgehead atoms. The summed E-state index contributed by atoms with van der Waals surface area (Å²) in [6.45, 7) is 0. The average Bonchev–Trinajstić information content (AvgIpc) is 2.45. The summed E-state index contributed by atoms with van der Waals surface area (Å²) in [5, 5.41) is 0.666. The van der Waals surface area contributed by atoms with E-state index in [9.17, 15) is 0 Å². The van der Waals surface area contributed by atoms with Crippen molar-refractivity contribution in [3.05, 3.63) is 28.8 Å². The van der Waals surface area contributed by atoms with E-state index in [0.29, 0.717) is 10.4 Å². The lowest BCUT2D eigenvalue weighted by atomic mass is 9.47. The summed E-state index contributed by atoms with van der Waals surface area (Å²) < 4.78 is 5.37. The molecule has 21 heavy (non-hydrogen) atoms. The van der Waals surface area contributed by atoms with Gasteiger partial charge < -0.3 is 10.5 Å². The predicted octanol–water partition coefficient (Wildman–Crippen LogP) is 4.56. The van der Waals surface area contributed by atoms with E-state index in [-0.39, 0.29) is 6.04 Å². The smallest absolute Gasteiger partial charge is 0.137 e. The van der Waals surface area contributed by atoms with Crippen LogP contribution in [0.3, 0.4) is 0 Å². The fourth-order valence-electron chi connectivity index (χ4n) is 5.78. The lowest BCUT2D eigenvalue weighted by Gasteiger charge is -2.59. The summed E-state index contributed by atoms with van der Waals surface area (Å²) in [5.41, 5.74) is 8.29. The van der Waals surface area contributed by atoms with Gasteiger partial charge in [0.2, 0.25) is 0 Å². The number of hydrogen-bond donors (Lipinski definition) is 1. The zero-order chi connectivity index (χ0) is 14.6. The maximum Gasteiger partial charge on any atom is 0.137 e. The van der Waals surface area contributed by atoms with Gasteiger partial charge in [0.05, 0.1) is 12.1 Å². The van der Waals surface area contributed by atoms with Crippen LogP contribution in [0.25, 0.3) is 0 Å². The molecule has 4 aliphatic carbocycles. The van der Waals surface area contributed by atoms with Crippen LogP contribution in [0.2, 0.25) is 5.02 Å². The summed E-state index contributed by atoms with van der Waals surface area (Å²) in [6, 6.07) is 6.19. The Morgan fingerprint density at radius 3 is 2.24 bits per heavy atom. The van der Waals surface area contributed by atoms with Gasteiger partial charge in [-0.15, -0.1) is 0 Å². The van der Waals surface area contributed by atoms with Crippen LogP contribution in [-0.4, -0.2) is 7.11 Å². The normalized spacial score (nSPS) is 38.5. The van der Waals surface area contributed by atoms with Crippen LogP contribution in [0.5, 0.6) is 5.75 Å². The summed E-state index contributed by atoms with van der Waals surface area (Å²) >= 11 is 6.15. The quantitative estimate of drug-likeness (QED) is 0.888. The minimum atomic E-state index is 0.122. The Hall–Kier alpha value is -0.730. The molecule has 0 aromatic heterocycles. The summed E-state index contributed by atoms with van der Waals surface area (Å²) in [7, 11) is 1.67. The molecule has 5 rings (SSSR count). The SMILES string of the molecule is COc1cc(C(N)C23CC4CC(CC(C4)C2)C3)ccc1Cl. The van der Waals surface area contributed by atoms with Gasteiger partial charge in [0.25, 0.3) is 0 Å². The Kier molecular flexibility index (Phi) is 3.24. The lowest BCUT2D eigenvalue weighted by Crippen LogP contribution is -2.50. The topological polar surface area (TPSA) is 35.2 Å². The van der Waals surface area contributed by atoms with Gasteiger partial charge in [0.15, 0.2) is 0 Å². The van der Waals surface area contributed by atoms with Crippen LogP contribution < -0.4 is 10.5 Å². The molecule has 2 N–H and O–H groups in total. The summed E-state index contributed by atoms with van der Waals surface area (Å²) in [4.78, 5) is 0. The molecule has 0 heterocycles. The van der Waals surface area contributed by atoms with E-state index in [1.165, 1.54) is 44.1 Å². The lowest BCUT2D eigenvalue weighted by molar-refractivity contribution is -0.0677. The van der Waals surface area contributed by atoms with E-state index in [1.807, 2.05) is 12.1 Å². The molecule has 1 atom stereocenters. The fourth-order valence-corrected chi connectivity index (χ4v) is 5.98. The van der Waals surface area contributed by atoms with Crippen LogP contribution in [0.1, 0.15) is 50.1 Å². The van der Waals surface area contributed by atoms with Gasteiger partial charge in [0, 0.05) is 6.04 Å². The Labute approximate surface area is 132 Å². The molecule has 3 heteroatoms. The standard InChI is InChI=1S/C18H24ClNO/c1-21-16-7-14(2-3-15(16)19)17(20)18-8-11-4-12(9-18)6-13(5-11)10-18/h2-3,7,11-13,17H,4-6,8-10,20H2,1H3. The Balaban J connectivity index is 1.66. The molecule has 0 aliphatic heterocycles. The van der Waals surface area contributed by atoms with Crippen molar-refractivity contribution < 1.29 is 4.74 Å². The summed E-state index contributed by atoms with van der Waals surface area (Å²) in [5.74, 6) is 3.53. The molecule has 114 valence electrons. The van der Waals surface area contributed by atoms with Crippen molar-refractivity contribution in [2.24, 2.45) is 28.9 Å². The van der Waals surface area contributed by atoms with E-state index >= 15 is 0 Å². The minimum absolute atomic E-state index is 0.122. The first-order valence-electron chi connectivity index (χ1n) is 8.18. The highest BCUT2D eigenvalue weighted by Gasteiger charge is 2.53. The Morgan fingerprint density at radius 2 is 1.71 bits per heavy atom. The maximum absolute atomic E-state index is 6.77. The van der Waals surface area contributed by atoms with Crippen LogP contribution in [0, 0.1) is 23.2 Å². The van der Waals surface area contributed by atoms with Crippen molar-refractivity contribution in [1.82, 2.24) is 0 Å². The highest BCUT2D eigenvalue weighted by molar-refractivity contribution is 6.32. The van der Waals surface area contributed by atoms with Crippen LogP contribution in [0.15, 0.2) is 18.2 Å². The minimum Gasteiger partial charge on any atom is -0.495 e. The molecular formula is C18H24ClNO. The van der Waals surface area contributed by atoms with Gasteiger partial charge in [-0.25, -0.2) is 0 Å². The number of methoxy groups -OCH3 is 1. The van der Waals surface area contributed by atoms with E-state index in [1.54, 1.807) is 7.11 Å². The average molecular weight is 306 g/mol. The van der Waals surface area contributed by atoms with Crippen LogP contribution in [0.4, 0.5) is 0 Å². The predicted molar refractivity (Wildman–Crippen MR) is 85.5 cm³/mol. The van der Waals surface area contributed by atoms with Gasteiger partial charge >= 0.3 is 0 Å². The molecule has 0 saturated heterocycles. The van der Waals surface area contributed by atoms with E-state index < -0.39 is 0 Å². The first-order chi connectivity index (χ1) is 10.1. The molecule has 4 saturated carbocycles. The molecule has 0 spiro atoms. The fraction of sp³-hybridized carbons (Fsp3) is 0.667. The van der Waals surface area contributed by atoms with Crippen molar-refractivity contribution >= 4 is 11.6 Å². The molecule has 1 aromatic carbocycles. The molecular weight excluding hydrogens is 282 g/mol. The van der Waals surface area contributed by atoms with Gasteiger partial charge in [0.1, 0.15) is 5.75 Å². The van der Waals surface area contributed by atoms with Crippen LogP contribution >= 0.6 is 11.6 Å². The highest BCUT2D eigenvalue weighted by atomic mass is 35.5. The highest BCUT2D eigenvalue weighted by Crippen LogP contribution is 2.63.